The molecule has 9 nitrogen and oxygen atoms in total. The van der Waals surface area contributed by atoms with Crippen LogP contribution in [-0.2, 0) is 10.0 Å². The van der Waals surface area contributed by atoms with Gasteiger partial charge in [-0.25, -0.2) is 18.4 Å². The molecular formula is C17H16ClN5O4S. The number of hydrogen-bond acceptors (Lipinski definition) is 7. The zero-order valence-electron chi connectivity index (χ0n) is 15.0. The van der Waals surface area contributed by atoms with Crippen molar-refractivity contribution in [2.75, 3.05) is 18.4 Å². The van der Waals surface area contributed by atoms with E-state index in [-0.39, 0.29) is 27.5 Å². The van der Waals surface area contributed by atoms with E-state index in [1.807, 2.05) is 17.7 Å². The van der Waals surface area contributed by atoms with Crippen molar-refractivity contribution in [3.05, 3.63) is 41.8 Å². The van der Waals surface area contributed by atoms with Crippen LogP contribution in [-0.4, -0.2) is 41.9 Å². The molecule has 1 aliphatic heterocycles. The van der Waals surface area contributed by atoms with E-state index < -0.39 is 10.0 Å². The Hall–Kier alpha value is -2.85. The summed E-state index contributed by atoms with van der Waals surface area (Å²) < 4.78 is 40.8. The van der Waals surface area contributed by atoms with E-state index in [0.29, 0.717) is 18.1 Å². The normalized spacial score (nSPS) is 15.8. The lowest BCUT2D eigenvalue weighted by Crippen LogP contribution is -2.15. The summed E-state index contributed by atoms with van der Waals surface area (Å²) in [7, 11) is -2.68. The van der Waals surface area contributed by atoms with Crippen molar-refractivity contribution in [1.29, 1.82) is 0 Å². The second-order valence-corrected chi connectivity index (χ2v) is 8.25. The predicted octanol–water partition coefficient (Wildman–Crippen LogP) is 2.76. The number of ether oxygens (including phenoxy) is 2. The molecule has 0 fully saturated rings. The van der Waals surface area contributed by atoms with Gasteiger partial charge < -0.3 is 9.47 Å². The van der Waals surface area contributed by atoms with Gasteiger partial charge in [0, 0.05) is 12.4 Å². The summed E-state index contributed by atoms with van der Waals surface area (Å²) in [5, 5.41) is 4.49. The molecule has 0 saturated carbocycles. The van der Waals surface area contributed by atoms with Gasteiger partial charge in [-0.2, -0.15) is 5.10 Å². The lowest BCUT2D eigenvalue weighted by Gasteiger charge is -2.12. The van der Waals surface area contributed by atoms with Gasteiger partial charge in [0.1, 0.15) is 6.61 Å². The van der Waals surface area contributed by atoms with Crippen LogP contribution < -0.4 is 14.2 Å². The van der Waals surface area contributed by atoms with Crippen molar-refractivity contribution in [3.63, 3.8) is 0 Å². The molecule has 0 bridgehead atoms. The number of pyridine rings is 2. The third kappa shape index (κ3) is 3.25. The maximum Gasteiger partial charge on any atom is 0.267 e. The minimum absolute atomic E-state index is 0.0149. The van der Waals surface area contributed by atoms with Gasteiger partial charge in [-0.15, -0.1) is 0 Å². The van der Waals surface area contributed by atoms with Crippen molar-refractivity contribution in [1.82, 2.24) is 19.7 Å². The molecule has 4 heterocycles. The van der Waals surface area contributed by atoms with Crippen molar-refractivity contribution >= 4 is 27.3 Å². The summed E-state index contributed by atoms with van der Waals surface area (Å²) >= 11 is 5.90. The minimum atomic E-state index is -4.01. The fourth-order valence-corrected chi connectivity index (χ4v) is 4.32. The molecule has 4 rings (SSSR count). The van der Waals surface area contributed by atoms with E-state index in [9.17, 15) is 8.42 Å². The van der Waals surface area contributed by atoms with Gasteiger partial charge in [-0.1, -0.05) is 11.6 Å². The molecule has 0 unspecified atom stereocenters. The SMILES string of the molecule is COc1ncc(Cl)cc1S(=O)(=O)Nc1cnc2c(c1)-c1ccnn1[C@H](C)CO2. The number of fused-ring (bicyclic) bond motifs is 3. The van der Waals surface area contributed by atoms with Crippen LogP contribution in [0.25, 0.3) is 11.3 Å². The van der Waals surface area contributed by atoms with Crippen LogP contribution in [0.4, 0.5) is 5.69 Å². The average Bonchev–Trinajstić information content (AvgIpc) is 3.11. The van der Waals surface area contributed by atoms with Gasteiger partial charge in [-0.3, -0.25) is 9.40 Å². The summed E-state index contributed by atoms with van der Waals surface area (Å²) in [6.07, 6.45) is 4.38. The van der Waals surface area contributed by atoms with Gasteiger partial charge >= 0.3 is 0 Å². The summed E-state index contributed by atoms with van der Waals surface area (Å²) in [4.78, 5) is 7.99. The van der Waals surface area contributed by atoms with Crippen LogP contribution in [0.2, 0.25) is 5.02 Å². The van der Waals surface area contributed by atoms with E-state index in [1.165, 1.54) is 25.6 Å². The molecular weight excluding hydrogens is 406 g/mol. The quantitative estimate of drug-likeness (QED) is 0.689. The number of rotatable bonds is 4. The van der Waals surface area contributed by atoms with Gasteiger partial charge in [0.25, 0.3) is 10.0 Å². The second-order valence-electron chi connectivity index (χ2n) is 6.16. The van der Waals surface area contributed by atoms with Gasteiger partial charge in [0.15, 0.2) is 4.90 Å². The molecule has 28 heavy (non-hydrogen) atoms. The topological polar surface area (TPSA) is 108 Å². The molecule has 3 aromatic heterocycles. The van der Waals surface area contributed by atoms with Gasteiger partial charge in [-0.05, 0) is 25.1 Å². The van der Waals surface area contributed by atoms with E-state index in [1.54, 1.807) is 12.3 Å². The molecule has 0 amide bonds. The van der Waals surface area contributed by atoms with E-state index in [4.69, 9.17) is 21.1 Å². The summed E-state index contributed by atoms with van der Waals surface area (Å²) in [5.74, 6) is 0.353. The fourth-order valence-electron chi connectivity index (χ4n) is 2.92. The largest absolute Gasteiger partial charge is 0.480 e. The monoisotopic (exact) mass is 421 g/mol. The molecule has 0 radical (unpaired) electrons. The number of methoxy groups -OCH3 is 1. The molecule has 0 aromatic carbocycles. The van der Waals surface area contributed by atoms with Crippen molar-refractivity contribution in [2.45, 2.75) is 17.9 Å². The van der Waals surface area contributed by atoms with Crippen molar-refractivity contribution in [3.8, 4) is 23.0 Å². The Bertz CT molecular complexity index is 1150. The highest BCUT2D eigenvalue weighted by Gasteiger charge is 2.25. The Balaban J connectivity index is 1.74. The minimum Gasteiger partial charge on any atom is -0.480 e. The molecule has 11 heteroatoms. The zero-order valence-corrected chi connectivity index (χ0v) is 16.5. The number of aromatic nitrogens is 4. The highest BCUT2D eigenvalue weighted by Crippen LogP contribution is 2.35. The number of nitrogens with one attached hydrogen (secondary N) is 1. The zero-order chi connectivity index (χ0) is 19.9. The van der Waals surface area contributed by atoms with Crippen LogP contribution in [0, 0.1) is 0 Å². The Labute approximate surface area is 166 Å². The van der Waals surface area contributed by atoms with Gasteiger partial charge in [0.2, 0.25) is 11.8 Å². The second kappa shape index (κ2) is 6.95. The number of nitrogens with zero attached hydrogens (tertiary/aromatic N) is 4. The fraction of sp³-hybridized carbons (Fsp3) is 0.235. The standard InChI is InChI=1S/C17H16ClN5O4S/c1-10-9-27-16-13(14-3-4-21-23(10)14)6-12(8-20-16)22-28(24,25)15-5-11(18)7-19-17(15)26-2/h3-8,10,22H,9H2,1-2H3/t10-/m1/s1. The molecule has 146 valence electrons. The maximum absolute atomic E-state index is 12.9. The van der Waals surface area contributed by atoms with Crippen LogP contribution >= 0.6 is 11.6 Å². The molecule has 3 aromatic rings. The highest BCUT2D eigenvalue weighted by atomic mass is 35.5. The molecule has 0 saturated heterocycles. The lowest BCUT2D eigenvalue weighted by atomic mass is 10.2. The highest BCUT2D eigenvalue weighted by molar-refractivity contribution is 7.92. The number of halogens is 1. The third-order valence-corrected chi connectivity index (χ3v) is 5.78. The molecule has 0 aliphatic carbocycles. The first-order valence-electron chi connectivity index (χ1n) is 8.28. The summed E-state index contributed by atoms with van der Waals surface area (Å²) in [6.45, 7) is 2.38. The van der Waals surface area contributed by atoms with Crippen molar-refractivity contribution < 1.29 is 17.9 Å². The number of anilines is 1. The molecule has 1 aliphatic rings. The molecule has 1 N–H and O–H groups in total. The maximum atomic E-state index is 12.9. The first-order chi connectivity index (χ1) is 13.4. The Morgan fingerprint density at radius 3 is 2.93 bits per heavy atom. The lowest BCUT2D eigenvalue weighted by molar-refractivity contribution is 0.252. The van der Waals surface area contributed by atoms with Crippen LogP contribution in [0.15, 0.2) is 41.7 Å². The van der Waals surface area contributed by atoms with Gasteiger partial charge in [0.05, 0.1) is 41.3 Å². The van der Waals surface area contributed by atoms with E-state index in [2.05, 4.69) is 19.8 Å². The summed E-state index contributed by atoms with van der Waals surface area (Å²) in [5.41, 5.74) is 1.68. The molecule has 1 atom stereocenters. The van der Waals surface area contributed by atoms with Crippen LogP contribution in [0.5, 0.6) is 11.8 Å². The smallest absolute Gasteiger partial charge is 0.267 e. The van der Waals surface area contributed by atoms with E-state index in [0.717, 1.165) is 5.69 Å². The van der Waals surface area contributed by atoms with E-state index >= 15 is 0 Å². The predicted molar refractivity (Wildman–Crippen MR) is 102 cm³/mol. The summed E-state index contributed by atoms with van der Waals surface area (Å²) in [6, 6.07) is 4.76. The van der Waals surface area contributed by atoms with Crippen molar-refractivity contribution in [2.24, 2.45) is 0 Å². The van der Waals surface area contributed by atoms with Crippen LogP contribution in [0.3, 0.4) is 0 Å². The first-order valence-corrected chi connectivity index (χ1v) is 10.1. The average molecular weight is 422 g/mol. The van der Waals surface area contributed by atoms with Crippen LogP contribution in [0.1, 0.15) is 13.0 Å². The first kappa shape index (κ1) is 18.5. The third-order valence-electron chi connectivity index (χ3n) is 4.20. The molecule has 0 spiro atoms. The Morgan fingerprint density at radius 2 is 2.14 bits per heavy atom. The number of hydrogen-bond donors (Lipinski definition) is 1. The Morgan fingerprint density at radius 1 is 1.32 bits per heavy atom. The number of sulfonamides is 1. The Kier molecular flexibility index (Phi) is 4.60.